The van der Waals surface area contributed by atoms with Crippen molar-refractivity contribution in [3.8, 4) is 0 Å². The number of hydrogen-bond acceptors (Lipinski definition) is 5. The van der Waals surface area contributed by atoms with E-state index < -0.39 is 0 Å². The first-order valence-corrected chi connectivity index (χ1v) is 10.6. The Morgan fingerprint density at radius 1 is 1.17 bits per heavy atom. The molecular formula is C22H25N3O3S. The van der Waals surface area contributed by atoms with E-state index in [9.17, 15) is 14.7 Å². The van der Waals surface area contributed by atoms with Gasteiger partial charge in [-0.1, -0.05) is 54.2 Å². The van der Waals surface area contributed by atoms with Gasteiger partial charge in [-0.25, -0.2) is 4.98 Å². The number of amides is 1. The average molecular weight is 412 g/mol. The Labute approximate surface area is 174 Å². The van der Waals surface area contributed by atoms with Crippen LogP contribution in [-0.4, -0.2) is 44.9 Å². The number of fused-ring (bicyclic) bond motifs is 1. The highest BCUT2D eigenvalue weighted by atomic mass is 32.2. The Bertz CT molecular complexity index is 1040. The predicted molar refractivity (Wildman–Crippen MR) is 116 cm³/mol. The number of nitrogens with zero attached hydrogens (tertiary/aromatic N) is 3. The van der Waals surface area contributed by atoms with Gasteiger partial charge in [0.15, 0.2) is 5.16 Å². The van der Waals surface area contributed by atoms with Crippen LogP contribution in [0.1, 0.15) is 24.9 Å². The molecule has 0 spiro atoms. The molecule has 1 heterocycles. The topological polar surface area (TPSA) is 75.4 Å². The van der Waals surface area contributed by atoms with Crippen LogP contribution in [0.4, 0.5) is 0 Å². The summed E-state index contributed by atoms with van der Waals surface area (Å²) in [5.74, 6) is 0.139. The first-order valence-electron chi connectivity index (χ1n) is 9.56. The lowest BCUT2D eigenvalue weighted by molar-refractivity contribution is -0.128. The van der Waals surface area contributed by atoms with Gasteiger partial charge in [-0.3, -0.25) is 14.2 Å². The molecule has 0 fully saturated rings. The number of carbonyl (C=O) groups is 1. The summed E-state index contributed by atoms with van der Waals surface area (Å²) in [7, 11) is 1.78. The van der Waals surface area contributed by atoms with E-state index in [4.69, 9.17) is 0 Å². The minimum atomic E-state index is -0.148. The fourth-order valence-electron chi connectivity index (χ4n) is 3.08. The van der Waals surface area contributed by atoms with Gasteiger partial charge in [-0.05, 0) is 31.0 Å². The molecule has 0 bridgehead atoms. The lowest BCUT2D eigenvalue weighted by Crippen LogP contribution is -2.31. The molecule has 2 aromatic carbocycles. The molecule has 7 heteroatoms. The Morgan fingerprint density at radius 2 is 1.86 bits per heavy atom. The maximum atomic E-state index is 12.9. The van der Waals surface area contributed by atoms with E-state index >= 15 is 0 Å². The molecule has 6 nitrogen and oxygen atoms in total. The van der Waals surface area contributed by atoms with Gasteiger partial charge in [0.2, 0.25) is 5.91 Å². The number of para-hydroxylation sites is 1. The third-order valence-electron chi connectivity index (χ3n) is 4.95. The fourth-order valence-corrected chi connectivity index (χ4v) is 4.03. The molecule has 1 amide bonds. The van der Waals surface area contributed by atoms with Crippen molar-refractivity contribution in [3.05, 3.63) is 70.5 Å². The normalized spacial score (nSPS) is 12.1. The second kappa shape index (κ2) is 9.71. The standard InChI is InChI=1S/C22H25N3O3S/c1-16(17-9-4-3-5-10-17)24(2)20(27)15-29-22-23-19-12-7-6-11-18(19)21(28)25(22)13-8-14-26/h3-7,9-12,16,26H,8,13-15H2,1-2H3. The molecule has 0 saturated carbocycles. The van der Waals surface area contributed by atoms with E-state index in [1.165, 1.54) is 11.8 Å². The van der Waals surface area contributed by atoms with Crippen LogP contribution in [-0.2, 0) is 11.3 Å². The summed E-state index contributed by atoms with van der Waals surface area (Å²) in [4.78, 5) is 31.9. The van der Waals surface area contributed by atoms with Gasteiger partial charge >= 0.3 is 0 Å². The minimum Gasteiger partial charge on any atom is -0.396 e. The van der Waals surface area contributed by atoms with Crippen LogP contribution in [0, 0.1) is 0 Å². The number of thioether (sulfide) groups is 1. The molecular weight excluding hydrogens is 386 g/mol. The van der Waals surface area contributed by atoms with Crippen molar-refractivity contribution in [2.24, 2.45) is 0 Å². The van der Waals surface area contributed by atoms with Gasteiger partial charge in [0, 0.05) is 20.2 Å². The molecule has 0 aliphatic rings. The van der Waals surface area contributed by atoms with Crippen molar-refractivity contribution in [1.29, 1.82) is 0 Å². The van der Waals surface area contributed by atoms with Crippen molar-refractivity contribution in [1.82, 2.24) is 14.5 Å². The zero-order chi connectivity index (χ0) is 20.8. The van der Waals surface area contributed by atoms with Crippen LogP contribution in [0.5, 0.6) is 0 Å². The molecule has 0 saturated heterocycles. The van der Waals surface area contributed by atoms with Gasteiger partial charge in [-0.2, -0.15) is 0 Å². The van der Waals surface area contributed by atoms with Crippen molar-refractivity contribution >= 4 is 28.6 Å². The highest BCUT2D eigenvalue weighted by molar-refractivity contribution is 7.99. The Morgan fingerprint density at radius 3 is 2.59 bits per heavy atom. The van der Waals surface area contributed by atoms with E-state index in [0.717, 1.165) is 5.56 Å². The van der Waals surface area contributed by atoms with Gasteiger partial charge in [0.05, 0.1) is 22.7 Å². The van der Waals surface area contributed by atoms with Crippen LogP contribution >= 0.6 is 11.8 Å². The second-order valence-corrected chi connectivity index (χ2v) is 7.77. The van der Waals surface area contributed by atoms with Crippen LogP contribution in [0.15, 0.2) is 64.5 Å². The highest BCUT2D eigenvalue weighted by Gasteiger charge is 2.19. The third kappa shape index (κ3) is 4.86. The largest absolute Gasteiger partial charge is 0.396 e. The monoisotopic (exact) mass is 411 g/mol. The summed E-state index contributed by atoms with van der Waals surface area (Å²) in [6.45, 7) is 2.34. The lowest BCUT2D eigenvalue weighted by atomic mass is 10.1. The number of hydrogen-bond donors (Lipinski definition) is 1. The van der Waals surface area contributed by atoms with E-state index in [1.807, 2.05) is 43.3 Å². The molecule has 1 unspecified atom stereocenters. The Balaban J connectivity index is 1.80. The summed E-state index contributed by atoms with van der Waals surface area (Å²) in [5, 5.41) is 10.2. The summed E-state index contributed by atoms with van der Waals surface area (Å²) in [6, 6.07) is 17.0. The van der Waals surface area contributed by atoms with Crippen LogP contribution in [0.2, 0.25) is 0 Å². The maximum Gasteiger partial charge on any atom is 0.262 e. The quantitative estimate of drug-likeness (QED) is 0.455. The van der Waals surface area contributed by atoms with E-state index in [2.05, 4.69) is 4.98 Å². The third-order valence-corrected chi connectivity index (χ3v) is 5.91. The molecule has 1 atom stereocenters. The molecule has 3 rings (SSSR count). The molecule has 0 aliphatic carbocycles. The average Bonchev–Trinajstić information content (AvgIpc) is 2.76. The zero-order valence-corrected chi connectivity index (χ0v) is 17.4. The molecule has 152 valence electrons. The molecule has 3 aromatic rings. The SMILES string of the molecule is CC(c1ccccc1)N(C)C(=O)CSc1nc2ccccc2c(=O)n1CCCO. The van der Waals surface area contributed by atoms with Crippen molar-refractivity contribution in [2.75, 3.05) is 19.4 Å². The van der Waals surface area contributed by atoms with Gasteiger partial charge in [0.1, 0.15) is 0 Å². The van der Waals surface area contributed by atoms with Gasteiger partial charge in [0.25, 0.3) is 5.56 Å². The van der Waals surface area contributed by atoms with E-state index in [1.54, 1.807) is 34.7 Å². The Kier molecular flexibility index (Phi) is 7.06. The van der Waals surface area contributed by atoms with E-state index in [-0.39, 0.29) is 29.9 Å². The van der Waals surface area contributed by atoms with Crippen molar-refractivity contribution in [3.63, 3.8) is 0 Å². The summed E-state index contributed by atoms with van der Waals surface area (Å²) >= 11 is 1.25. The van der Waals surface area contributed by atoms with Gasteiger partial charge < -0.3 is 10.0 Å². The first-order chi connectivity index (χ1) is 14.0. The minimum absolute atomic E-state index is 0.0143. The number of aliphatic hydroxyl groups is 1. The van der Waals surface area contributed by atoms with Crippen LogP contribution < -0.4 is 5.56 Å². The summed E-state index contributed by atoms with van der Waals surface area (Å²) < 4.78 is 1.55. The zero-order valence-electron chi connectivity index (χ0n) is 16.6. The maximum absolute atomic E-state index is 12.9. The first kappa shape index (κ1) is 21.1. The molecule has 0 radical (unpaired) electrons. The fraction of sp³-hybridized carbons (Fsp3) is 0.318. The predicted octanol–water partition coefficient (Wildman–Crippen LogP) is 3.09. The number of rotatable bonds is 8. The molecule has 0 aliphatic heterocycles. The number of benzene rings is 2. The number of aliphatic hydroxyl groups excluding tert-OH is 1. The molecule has 29 heavy (non-hydrogen) atoms. The van der Waals surface area contributed by atoms with Gasteiger partial charge in [-0.15, -0.1) is 0 Å². The smallest absolute Gasteiger partial charge is 0.262 e. The number of aromatic nitrogens is 2. The van der Waals surface area contributed by atoms with E-state index in [0.29, 0.717) is 29.0 Å². The van der Waals surface area contributed by atoms with Crippen LogP contribution in [0.25, 0.3) is 10.9 Å². The number of carbonyl (C=O) groups excluding carboxylic acids is 1. The van der Waals surface area contributed by atoms with Crippen molar-refractivity contribution < 1.29 is 9.90 Å². The highest BCUT2D eigenvalue weighted by Crippen LogP contribution is 2.22. The Hall–Kier alpha value is -2.64. The molecule has 1 aromatic heterocycles. The molecule has 1 N–H and O–H groups in total. The summed E-state index contributed by atoms with van der Waals surface area (Å²) in [6.07, 6.45) is 0.451. The van der Waals surface area contributed by atoms with Crippen LogP contribution in [0.3, 0.4) is 0 Å². The summed E-state index contributed by atoms with van der Waals surface area (Å²) in [5.41, 5.74) is 1.53. The van der Waals surface area contributed by atoms with Crippen molar-refractivity contribution in [2.45, 2.75) is 31.1 Å². The lowest BCUT2D eigenvalue weighted by Gasteiger charge is -2.25. The second-order valence-electron chi connectivity index (χ2n) is 6.83.